The Balaban J connectivity index is 2.14. The van der Waals surface area contributed by atoms with Crippen molar-refractivity contribution in [3.63, 3.8) is 0 Å². The molecule has 1 aromatic heterocycles. The Bertz CT molecular complexity index is 479. The largest absolute Gasteiger partial charge is 0.508 e. The number of hydrogen-bond acceptors (Lipinski definition) is 3. The molecular formula is C12H15N3O. The number of para-hydroxylation sites is 1. The Morgan fingerprint density at radius 1 is 1.38 bits per heavy atom. The Morgan fingerprint density at radius 3 is 2.75 bits per heavy atom. The van der Waals surface area contributed by atoms with E-state index in [0.717, 1.165) is 11.3 Å². The van der Waals surface area contributed by atoms with Gasteiger partial charge in [-0.3, -0.25) is 4.68 Å². The number of benzene rings is 1. The minimum Gasteiger partial charge on any atom is -0.508 e. The third-order valence-electron chi connectivity index (χ3n) is 2.49. The lowest BCUT2D eigenvalue weighted by atomic mass is 10.1. The summed E-state index contributed by atoms with van der Waals surface area (Å²) < 4.78 is 1.74. The normalized spacial score (nSPS) is 12.4. The van der Waals surface area contributed by atoms with Crippen LogP contribution in [0.25, 0.3) is 0 Å². The maximum atomic E-state index is 9.70. The average Bonchev–Trinajstić information content (AvgIpc) is 2.64. The van der Waals surface area contributed by atoms with Crippen molar-refractivity contribution in [1.82, 2.24) is 9.78 Å². The number of nitrogens with one attached hydrogen (secondary N) is 1. The van der Waals surface area contributed by atoms with E-state index in [2.05, 4.69) is 10.4 Å². The van der Waals surface area contributed by atoms with Gasteiger partial charge in [-0.1, -0.05) is 18.2 Å². The standard InChI is InChI=1S/C12H15N3O/c1-9(11-5-3-4-6-12(11)16)14-10-7-13-15(2)8-10/h3-9,14,16H,1-2H3. The Labute approximate surface area is 94.5 Å². The quantitative estimate of drug-likeness (QED) is 0.829. The van der Waals surface area contributed by atoms with Crippen molar-refractivity contribution in [1.29, 1.82) is 0 Å². The highest BCUT2D eigenvalue weighted by Gasteiger charge is 2.09. The number of aromatic hydroxyl groups is 1. The van der Waals surface area contributed by atoms with Crippen molar-refractivity contribution in [2.75, 3.05) is 5.32 Å². The fraction of sp³-hybridized carbons (Fsp3) is 0.250. The topological polar surface area (TPSA) is 50.1 Å². The number of aryl methyl sites for hydroxylation is 1. The van der Waals surface area contributed by atoms with E-state index in [9.17, 15) is 5.11 Å². The van der Waals surface area contributed by atoms with Crippen LogP contribution in [0.3, 0.4) is 0 Å². The zero-order valence-corrected chi connectivity index (χ0v) is 9.38. The van der Waals surface area contributed by atoms with Gasteiger partial charge in [0.15, 0.2) is 0 Å². The van der Waals surface area contributed by atoms with Crippen molar-refractivity contribution < 1.29 is 5.11 Å². The van der Waals surface area contributed by atoms with Gasteiger partial charge in [-0.25, -0.2) is 0 Å². The minimum atomic E-state index is 0.0467. The van der Waals surface area contributed by atoms with E-state index in [0.29, 0.717) is 5.75 Å². The fourth-order valence-electron chi connectivity index (χ4n) is 1.68. The first-order valence-electron chi connectivity index (χ1n) is 5.20. The highest BCUT2D eigenvalue weighted by Crippen LogP contribution is 2.25. The first-order chi connectivity index (χ1) is 7.66. The summed E-state index contributed by atoms with van der Waals surface area (Å²) in [6, 6.07) is 7.37. The molecule has 1 heterocycles. The molecule has 0 fully saturated rings. The third kappa shape index (κ3) is 2.16. The Hall–Kier alpha value is -1.97. The summed E-state index contributed by atoms with van der Waals surface area (Å²) in [5, 5.41) is 17.1. The average molecular weight is 217 g/mol. The second kappa shape index (κ2) is 4.26. The molecule has 4 heteroatoms. The van der Waals surface area contributed by atoms with Crippen LogP contribution in [-0.4, -0.2) is 14.9 Å². The van der Waals surface area contributed by atoms with E-state index in [4.69, 9.17) is 0 Å². The molecule has 1 unspecified atom stereocenters. The number of aromatic nitrogens is 2. The van der Waals surface area contributed by atoms with Gasteiger partial charge in [0.05, 0.1) is 17.9 Å². The SMILES string of the molecule is CC(Nc1cnn(C)c1)c1ccccc1O. The number of anilines is 1. The van der Waals surface area contributed by atoms with E-state index in [-0.39, 0.29) is 6.04 Å². The summed E-state index contributed by atoms with van der Waals surface area (Å²) in [7, 11) is 1.87. The highest BCUT2D eigenvalue weighted by atomic mass is 16.3. The molecule has 1 atom stereocenters. The molecule has 2 rings (SSSR count). The lowest BCUT2D eigenvalue weighted by Gasteiger charge is -2.15. The van der Waals surface area contributed by atoms with Crippen molar-refractivity contribution in [3.05, 3.63) is 42.2 Å². The molecule has 1 aromatic carbocycles. The molecule has 4 nitrogen and oxygen atoms in total. The van der Waals surface area contributed by atoms with E-state index < -0.39 is 0 Å². The van der Waals surface area contributed by atoms with Gasteiger partial charge in [-0.15, -0.1) is 0 Å². The summed E-state index contributed by atoms with van der Waals surface area (Å²) in [6.45, 7) is 2.00. The van der Waals surface area contributed by atoms with Crippen molar-refractivity contribution in [3.8, 4) is 5.75 Å². The molecule has 0 radical (unpaired) electrons. The molecule has 16 heavy (non-hydrogen) atoms. The molecule has 84 valence electrons. The van der Waals surface area contributed by atoms with Gasteiger partial charge in [0.25, 0.3) is 0 Å². The monoisotopic (exact) mass is 217 g/mol. The summed E-state index contributed by atoms with van der Waals surface area (Å²) in [6.07, 6.45) is 3.66. The maximum Gasteiger partial charge on any atom is 0.120 e. The first-order valence-corrected chi connectivity index (χ1v) is 5.20. The van der Waals surface area contributed by atoms with Gasteiger partial charge in [0.1, 0.15) is 5.75 Å². The number of nitrogens with zero attached hydrogens (tertiary/aromatic N) is 2. The minimum absolute atomic E-state index is 0.0467. The molecule has 0 saturated heterocycles. The Kier molecular flexibility index (Phi) is 2.81. The van der Waals surface area contributed by atoms with Crippen LogP contribution < -0.4 is 5.32 Å². The second-order valence-electron chi connectivity index (χ2n) is 3.83. The summed E-state index contributed by atoms with van der Waals surface area (Å²) >= 11 is 0. The molecule has 0 aliphatic rings. The van der Waals surface area contributed by atoms with Crippen LogP contribution in [0.15, 0.2) is 36.7 Å². The highest BCUT2D eigenvalue weighted by molar-refractivity contribution is 5.44. The van der Waals surface area contributed by atoms with Crippen LogP contribution in [0.4, 0.5) is 5.69 Å². The predicted molar refractivity (Wildman–Crippen MR) is 63.4 cm³/mol. The number of phenolic OH excluding ortho intramolecular Hbond substituents is 1. The molecule has 0 spiro atoms. The van der Waals surface area contributed by atoms with E-state index in [1.165, 1.54) is 0 Å². The first kappa shape index (κ1) is 10.5. The summed E-state index contributed by atoms with van der Waals surface area (Å²) in [5.41, 5.74) is 1.82. The molecule has 0 aliphatic carbocycles. The molecule has 0 bridgehead atoms. The van der Waals surface area contributed by atoms with Gasteiger partial charge >= 0.3 is 0 Å². The molecule has 0 saturated carbocycles. The van der Waals surface area contributed by atoms with Crippen molar-refractivity contribution in [2.45, 2.75) is 13.0 Å². The predicted octanol–water partition coefficient (Wildman–Crippen LogP) is 2.30. The zero-order chi connectivity index (χ0) is 11.5. The van der Waals surface area contributed by atoms with Crippen molar-refractivity contribution in [2.24, 2.45) is 7.05 Å². The Morgan fingerprint density at radius 2 is 2.12 bits per heavy atom. The van der Waals surface area contributed by atoms with E-state index >= 15 is 0 Å². The van der Waals surface area contributed by atoms with Crippen LogP contribution in [0.2, 0.25) is 0 Å². The molecule has 0 amide bonds. The smallest absolute Gasteiger partial charge is 0.120 e. The lowest BCUT2D eigenvalue weighted by Crippen LogP contribution is -2.06. The summed E-state index contributed by atoms with van der Waals surface area (Å²) in [5.74, 6) is 0.311. The van der Waals surface area contributed by atoms with Gasteiger partial charge in [-0.05, 0) is 13.0 Å². The van der Waals surface area contributed by atoms with Gasteiger partial charge < -0.3 is 10.4 Å². The number of phenols is 1. The van der Waals surface area contributed by atoms with E-state index in [1.54, 1.807) is 16.9 Å². The lowest BCUT2D eigenvalue weighted by molar-refractivity contribution is 0.465. The summed E-state index contributed by atoms with van der Waals surface area (Å²) in [4.78, 5) is 0. The van der Waals surface area contributed by atoms with Gasteiger partial charge in [0.2, 0.25) is 0 Å². The van der Waals surface area contributed by atoms with Crippen LogP contribution >= 0.6 is 0 Å². The zero-order valence-electron chi connectivity index (χ0n) is 9.38. The molecule has 0 aliphatic heterocycles. The molecular weight excluding hydrogens is 202 g/mol. The van der Waals surface area contributed by atoms with E-state index in [1.807, 2.05) is 38.4 Å². The van der Waals surface area contributed by atoms with Gasteiger partial charge in [-0.2, -0.15) is 5.10 Å². The third-order valence-corrected chi connectivity index (χ3v) is 2.49. The number of rotatable bonds is 3. The van der Waals surface area contributed by atoms with Crippen LogP contribution in [0.1, 0.15) is 18.5 Å². The van der Waals surface area contributed by atoms with Crippen molar-refractivity contribution >= 4 is 5.69 Å². The number of hydrogen-bond donors (Lipinski definition) is 2. The maximum absolute atomic E-state index is 9.70. The van der Waals surface area contributed by atoms with Crippen LogP contribution in [0.5, 0.6) is 5.75 Å². The van der Waals surface area contributed by atoms with Gasteiger partial charge in [0, 0.05) is 18.8 Å². The molecule has 2 aromatic rings. The fourth-order valence-corrected chi connectivity index (χ4v) is 1.68. The van der Waals surface area contributed by atoms with Crippen LogP contribution in [-0.2, 0) is 7.05 Å². The molecule has 2 N–H and O–H groups in total. The van der Waals surface area contributed by atoms with Crippen LogP contribution in [0, 0.1) is 0 Å². The second-order valence-corrected chi connectivity index (χ2v) is 3.83.